The largest absolute Gasteiger partial charge is 0.350 e. The molecular formula is C22H24F2N4S2. The summed E-state index contributed by atoms with van der Waals surface area (Å²) in [7, 11) is 0. The van der Waals surface area contributed by atoms with Crippen LogP contribution in [0.3, 0.4) is 0 Å². The van der Waals surface area contributed by atoms with E-state index in [2.05, 4.69) is 41.0 Å². The van der Waals surface area contributed by atoms with Crippen LogP contribution in [-0.4, -0.2) is 38.7 Å². The maximum atomic E-state index is 14.9. The van der Waals surface area contributed by atoms with Gasteiger partial charge in [-0.3, -0.25) is 0 Å². The zero-order valence-corrected chi connectivity index (χ0v) is 18.8. The molecule has 30 heavy (non-hydrogen) atoms. The molecule has 4 nitrogen and oxygen atoms in total. The fraction of sp³-hybridized carbons (Fsp3) is 0.455. The quantitative estimate of drug-likeness (QED) is 0.544. The highest BCUT2D eigenvalue weighted by Crippen LogP contribution is 2.53. The van der Waals surface area contributed by atoms with E-state index in [9.17, 15) is 8.78 Å². The Morgan fingerprint density at radius 2 is 2.17 bits per heavy atom. The number of thioether (sulfide) groups is 1. The van der Waals surface area contributed by atoms with Gasteiger partial charge in [-0.25, -0.2) is 18.7 Å². The highest BCUT2D eigenvalue weighted by atomic mass is 32.2. The Balaban J connectivity index is 1.47. The van der Waals surface area contributed by atoms with Gasteiger partial charge in [0.15, 0.2) is 11.6 Å². The van der Waals surface area contributed by atoms with E-state index in [0.29, 0.717) is 16.7 Å². The number of likely N-dealkylation sites (tertiary alicyclic amines) is 1. The van der Waals surface area contributed by atoms with E-state index in [1.54, 1.807) is 6.20 Å². The molecule has 1 fully saturated rings. The lowest BCUT2D eigenvalue weighted by Crippen LogP contribution is -2.39. The summed E-state index contributed by atoms with van der Waals surface area (Å²) in [5.74, 6) is -0.705. The monoisotopic (exact) mass is 446 g/mol. The van der Waals surface area contributed by atoms with Crippen molar-refractivity contribution in [3.63, 3.8) is 0 Å². The van der Waals surface area contributed by atoms with Crippen LogP contribution in [0, 0.1) is 17.6 Å². The van der Waals surface area contributed by atoms with Crippen molar-refractivity contribution in [1.82, 2.24) is 14.9 Å². The number of anilines is 2. The molecule has 0 amide bonds. The molecule has 158 valence electrons. The molecule has 1 N–H and O–H groups in total. The highest BCUT2D eigenvalue weighted by molar-refractivity contribution is 8.01. The lowest BCUT2D eigenvalue weighted by Gasteiger charge is -2.34. The fourth-order valence-electron chi connectivity index (χ4n) is 5.11. The molecule has 0 saturated carbocycles. The number of benzene rings is 1. The van der Waals surface area contributed by atoms with E-state index in [0.717, 1.165) is 35.8 Å². The topological polar surface area (TPSA) is 41.0 Å². The lowest BCUT2D eigenvalue weighted by molar-refractivity contribution is 0.233. The van der Waals surface area contributed by atoms with Gasteiger partial charge in [0, 0.05) is 28.2 Å². The highest BCUT2D eigenvalue weighted by Gasteiger charge is 2.48. The standard InChI is InChI=1S/C22H24F2N4S2/c1-4-28-8-6-14(12(28)2)22(3)10-13-16(5-7-25-21(13)30-22)27-19-15(23)9-17-20(18(19)24)26-11-29-17/h5,7,9,11-12,14H,4,6,8,10H2,1-3H3,(H,25,27)/t12-,14-,22?/m1/s1. The van der Waals surface area contributed by atoms with Crippen LogP contribution in [-0.2, 0) is 6.42 Å². The number of halogens is 2. The predicted molar refractivity (Wildman–Crippen MR) is 120 cm³/mol. The number of hydrogen-bond donors (Lipinski definition) is 1. The lowest BCUT2D eigenvalue weighted by atomic mass is 9.83. The molecule has 0 radical (unpaired) electrons. The summed E-state index contributed by atoms with van der Waals surface area (Å²) in [6.07, 6.45) is 3.71. The van der Waals surface area contributed by atoms with Gasteiger partial charge in [0.25, 0.3) is 0 Å². The second-order valence-electron chi connectivity index (χ2n) is 8.37. The second kappa shape index (κ2) is 7.43. The molecule has 4 heterocycles. The number of pyridine rings is 1. The van der Waals surface area contributed by atoms with Crippen LogP contribution in [0.1, 0.15) is 32.8 Å². The number of fused-ring (bicyclic) bond motifs is 2. The Hall–Kier alpha value is -1.77. The van der Waals surface area contributed by atoms with Crippen LogP contribution in [0.15, 0.2) is 28.9 Å². The second-order valence-corrected chi connectivity index (χ2v) is 10.8. The first-order valence-corrected chi connectivity index (χ1v) is 12.0. The molecule has 3 atom stereocenters. The average Bonchev–Trinajstić information content (AvgIpc) is 3.41. The van der Waals surface area contributed by atoms with Crippen molar-refractivity contribution >= 4 is 44.7 Å². The Morgan fingerprint density at radius 3 is 2.93 bits per heavy atom. The summed E-state index contributed by atoms with van der Waals surface area (Å²) in [5.41, 5.74) is 3.36. The first kappa shape index (κ1) is 20.2. The molecule has 5 rings (SSSR count). The van der Waals surface area contributed by atoms with Crippen molar-refractivity contribution in [3.05, 3.63) is 41.0 Å². The third kappa shape index (κ3) is 3.11. The van der Waals surface area contributed by atoms with Gasteiger partial charge in [-0.2, -0.15) is 0 Å². The van der Waals surface area contributed by atoms with Crippen molar-refractivity contribution in [2.75, 3.05) is 18.4 Å². The van der Waals surface area contributed by atoms with E-state index in [4.69, 9.17) is 0 Å². The maximum absolute atomic E-state index is 14.9. The maximum Gasteiger partial charge on any atom is 0.176 e. The van der Waals surface area contributed by atoms with Gasteiger partial charge in [0.2, 0.25) is 0 Å². The molecular weight excluding hydrogens is 422 g/mol. The van der Waals surface area contributed by atoms with Gasteiger partial charge in [0.1, 0.15) is 16.2 Å². The third-order valence-electron chi connectivity index (χ3n) is 6.73. The van der Waals surface area contributed by atoms with Crippen LogP contribution in [0.4, 0.5) is 20.2 Å². The first-order valence-electron chi connectivity index (χ1n) is 10.3. The predicted octanol–water partition coefficient (Wildman–Crippen LogP) is 5.85. The number of nitrogens with zero attached hydrogens (tertiary/aromatic N) is 3. The number of nitrogens with one attached hydrogen (secondary N) is 1. The van der Waals surface area contributed by atoms with Crippen molar-refractivity contribution in [2.45, 2.75) is 49.4 Å². The van der Waals surface area contributed by atoms with Gasteiger partial charge < -0.3 is 10.2 Å². The van der Waals surface area contributed by atoms with Crippen LogP contribution >= 0.6 is 23.1 Å². The van der Waals surface area contributed by atoms with Gasteiger partial charge in [0.05, 0.1) is 10.2 Å². The minimum atomic E-state index is -0.645. The Morgan fingerprint density at radius 1 is 1.33 bits per heavy atom. The molecule has 2 aromatic heterocycles. The summed E-state index contributed by atoms with van der Waals surface area (Å²) >= 11 is 3.04. The number of thiazole rings is 1. The SMILES string of the molecule is CCN1CC[C@@H](C2(C)Cc3c(Nc4c(F)cc5scnc5c4F)ccnc3S2)[C@H]1C. The third-order valence-corrected chi connectivity index (χ3v) is 8.96. The number of rotatable bonds is 4. The van der Waals surface area contributed by atoms with Crippen LogP contribution < -0.4 is 5.32 Å². The van der Waals surface area contributed by atoms with Crippen LogP contribution in [0.25, 0.3) is 10.2 Å². The average molecular weight is 447 g/mol. The number of aromatic nitrogens is 2. The van der Waals surface area contributed by atoms with Crippen molar-refractivity contribution in [1.29, 1.82) is 0 Å². The molecule has 0 bridgehead atoms. The molecule has 2 aliphatic rings. The van der Waals surface area contributed by atoms with Gasteiger partial charge in [-0.15, -0.1) is 11.3 Å². The Kier molecular flexibility index (Phi) is 4.99. The van der Waals surface area contributed by atoms with Gasteiger partial charge in [-0.1, -0.05) is 18.7 Å². The molecule has 0 spiro atoms. The van der Waals surface area contributed by atoms with Crippen LogP contribution in [0.2, 0.25) is 0 Å². The zero-order valence-electron chi connectivity index (χ0n) is 17.2. The van der Waals surface area contributed by atoms with Gasteiger partial charge in [-0.05, 0) is 57.8 Å². The Labute approximate surface area is 183 Å². The molecule has 1 aromatic carbocycles. The summed E-state index contributed by atoms with van der Waals surface area (Å²) in [6, 6.07) is 3.67. The van der Waals surface area contributed by atoms with E-state index in [1.807, 2.05) is 17.8 Å². The van der Waals surface area contributed by atoms with Crippen molar-refractivity contribution < 1.29 is 8.78 Å². The number of hydrogen-bond acceptors (Lipinski definition) is 6. The molecule has 3 aromatic rings. The summed E-state index contributed by atoms with van der Waals surface area (Å²) in [4.78, 5) is 11.2. The molecule has 0 aliphatic carbocycles. The first-order chi connectivity index (χ1) is 14.4. The summed E-state index contributed by atoms with van der Waals surface area (Å²) < 4.78 is 30.2. The van der Waals surface area contributed by atoms with Gasteiger partial charge >= 0.3 is 0 Å². The summed E-state index contributed by atoms with van der Waals surface area (Å²) in [6.45, 7) is 9.03. The molecule has 1 unspecified atom stereocenters. The molecule has 2 aliphatic heterocycles. The summed E-state index contributed by atoms with van der Waals surface area (Å²) in [5, 5.41) is 3.99. The minimum Gasteiger partial charge on any atom is -0.350 e. The Bertz CT molecular complexity index is 1120. The minimum absolute atomic E-state index is 0.0202. The smallest absolute Gasteiger partial charge is 0.176 e. The van der Waals surface area contributed by atoms with Crippen LogP contribution in [0.5, 0.6) is 0 Å². The normalized spacial score (nSPS) is 26.4. The fourth-order valence-corrected chi connectivity index (χ4v) is 7.35. The molecule has 8 heteroatoms. The molecule has 1 saturated heterocycles. The van der Waals surface area contributed by atoms with Crippen molar-refractivity contribution in [2.24, 2.45) is 5.92 Å². The van der Waals surface area contributed by atoms with E-state index >= 15 is 0 Å². The van der Waals surface area contributed by atoms with E-state index < -0.39 is 11.6 Å². The van der Waals surface area contributed by atoms with Crippen molar-refractivity contribution in [3.8, 4) is 0 Å². The van der Waals surface area contributed by atoms with E-state index in [-0.39, 0.29) is 16.0 Å². The van der Waals surface area contributed by atoms with E-state index in [1.165, 1.54) is 29.3 Å². The zero-order chi connectivity index (χ0) is 21.0.